The quantitative estimate of drug-likeness (QED) is 0.655. The normalized spacial score (nSPS) is 9.82. The van der Waals surface area contributed by atoms with Crippen LogP contribution in [0.1, 0.15) is 17.3 Å². The molecule has 0 spiro atoms. The van der Waals surface area contributed by atoms with Crippen molar-refractivity contribution in [3.63, 3.8) is 0 Å². The largest absolute Gasteiger partial charge is 0.462 e. The van der Waals surface area contributed by atoms with Crippen LogP contribution in [0.4, 0.5) is 10.1 Å². The minimum Gasteiger partial charge on any atom is -0.462 e. The fourth-order valence-corrected chi connectivity index (χ4v) is 1.48. The Balaban J connectivity index is 3.14. The van der Waals surface area contributed by atoms with E-state index < -0.39 is 11.8 Å². The number of hydrogen-bond donors (Lipinski definition) is 2. The minimum absolute atomic E-state index is 0.0232. The molecule has 0 bridgehead atoms. The van der Waals surface area contributed by atoms with E-state index in [0.29, 0.717) is 0 Å². The first-order valence-corrected chi connectivity index (χ1v) is 5.47. The lowest BCUT2D eigenvalue weighted by Crippen LogP contribution is -2.20. The van der Waals surface area contributed by atoms with Crippen LogP contribution in [0.2, 0.25) is 5.02 Å². The molecule has 0 aliphatic heterocycles. The van der Waals surface area contributed by atoms with E-state index in [1.165, 1.54) is 6.07 Å². The van der Waals surface area contributed by atoms with E-state index in [1.54, 1.807) is 6.92 Å². The number of carbonyl (C=O) groups is 1. The lowest BCUT2D eigenvalue weighted by molar-refractivity contribution is 0.0526. The van der Waals surface area contributed by atoms with Crippen LogP contribution in [0.15, 0.2) is 12.1 Å². The van der Waals surface area contributed by atoms with Gasteiger partial charge in [-0.3, -0.25) is 0 Å². The number of thiocarbonyl (C=S) groups is 1. The maximum Gasteiger partial charge on any atom is 0.339 e. The zero-order chi connectivity index (χ0) is 13.0. The Kier molecular flexibility index (Phi) is 4.65. The Morgan fingerprint density at radius 2 is 2.29 bits per heavy atom. The van der Waals surface area contributed by atoms with Gasteiger partial charge in [-0.05, 0) is 31.3 Å². The summed E-state index contributed by atoms with van der Waals surface area (Å²) in [6.07, 6.45) is 0. The Hall–Kier alpha value is -1.40. The molecule has 0 atom stereocenters. The SMILES string of the molecule is CCOC(=O)c1cc(NC(N)=S)c(F)cc1Cl. The molecule has 0 saturated carbocycles. The average molecular weight is 277 g/mol. The number of rotatable bonds is 3. The van der Waals surface area contributed by atoms with E-state index in [1.807, 2.05) is 0 Å². The van der Waals surface area contributed by atoms with Crippen LogP contribution in [-0.4, -0.2) is 17.7 Å². The fourth-order valence-electron chi connectivity index (χ4n) is 1.14. The van der Waals surface area contributed by atoms with Crippen molar-refractivity contribution >= 4 is 40.6 Å². The number of nitrogens with two attached hydrogens (primary N) is 1. The van der Waals surface area contributed by atoms with Crippen molar-refractivity contribution in [1.82, 2.24) is 0 Å². The molecule has 4 nitrogen and oxygen atoms in total. The smallest absolute Gasteiger partial charge is 0.339 e. The van der Waals surface area contributed by atoms with Gasteiger partial charge in [0.25, 0.3) is 0 Å². The first-order valence-electron chi connectivity index (χ1n) is 4.68. The lowest BCUT2D eigenvalue weighted by Gasteiger charge is -2.09. The topological polar surface area (TPSA) is 64.3 Å². The summed E-state index contributed by atoms with van der Waals surface area (Å²) < 4.78 is 18.2. The molecule has 0 unspecified atom stereocenters. The zero-order valence-corrected chi connectivity index (χ0v) is 10.5. The van der Waals surface area contributed by atoms with E-state index in [-0.39, 0.29) is 28.0 Å². The van der Waals surface area contributed by atoms with Crippen LogP contribution in [0.5, 0.6) is 0 Å². The van der Waals surface area contributed by atoms with Crippen LogP contribution < -0.4 is 11.1 Å². The average Bonchev–Trinajstić information content (AvgIpc) is 2.21. The highest BCUT2D eigenvalue weighted by atomic mass is 35.5. The third kappa shape index (κ3) is 3.54. The maximum atomic E-state index is 13.4. The molecule has 0 heterocycles. The van der Waals surface area contributed by atoms with E-state index >= 15 is 0 Å². The number of esters is 1. The van der Waals surface area contributed by atoms with Gasteiger partial charge in [0.1, 0.15) is 5.82 Å². The number of anilines is 1. The second kappa shape index (κ2) is 5.79. The van der Waals surface area contributed by atoms with Gasteiger partial charge in [-0.25, -0.2) is 9.18 Å². The van der Waals surface area contributed by atoms with Crippen LogP contribution in [0.3, 0.4) is 0 Å². The molecule has 3 N–H and O–H groups in total. The zero-order valence-electron chi connectivity index (χ0n) is 8.92. The summed E-state index contributed by atoms with van der Waals surface area (Å²) in [5, 5.41) is 2.26. The molecule has 1 rings (SSSR count). The molecular weight excluding hydrogens is 267 g/mol. The molecule has 0 aliphatic rings. The highest BCUT2D eigenvalue weighted by Gasteiger charge is 2.15. The monoisotopic (exact) mass is 276 g/mol. The summed E-state index contributed by atoms with van der Waals surface area (Å²) in [5.41, 5.74) is 5.25. The highest BCUT2D eigenvalue weighted by molar-refractivity contribution is 7.80. The van der Waals surface area contributed by atoms with Crippen LogP contribution in [0, 0.1) is 5.82 Å². The number of carbonyl (C=O) groups excluding carboxylic acids is 1. The van der Waals surface area contributed by atoms with E-state index in [0.717, 1.165) is 6.07 Å². The molecule has 0 aliphatic carbocycles. The predicted molar refractivity (Wildman–Crippen MR) is 67.8 cm³/mol. The standard InChI is InChI=1S/C10H10ClFN2O2S/c1-2-16-9(15)5-3-8(14-10(13)17)7(12)4-6(5)11/h3-4H,2H2,1H3,(H3,13,14,17). The van der Waals surface area contributed by atoms with Gasteiger partial charge in [0, 0.05) is 0 Å². The van der Waals surface area contributed by atoms with Crippen LogP contribution in [0.25, 0.3) is 0 Å². The molecule has 0 aromatic heterocycles. The van der Waals surface area contributed by atoms with Gasteiger partial charge in [0.2, 0.25) is 0 Å². The van der Waals surface area contributed by atoms with Gasteiger partial charge in [0.15, 0.2) is 5.11 Å². The van der Waals surface area contributed by atoms with Crippen molar-refractivity contribution in [3.05, 3.63) is 28.5 Å². The van der Waals surface area contributed by atoms with Crippen molar-refractivity contribution in [2.75, 3.05) is 11.9 Å². The number of ether oxygens (including phenoxy) is 1. The van der Waals surface area contributed by atoms with Gasteiger partial charge < -0.3 is 15.8 Å². The van der Waals surface area contributed by atoms with E-state index in [9.17, 15) is 9.18 Å². The Morgan fingerprint density at radius 1 is 1.65 bits per heavy atom. The van der Waals surface area contributed by atoms with Crippen molar-refractivity contribution in [2.24, 2.45) is 5.73 Å². The van der Waals surface area contributed by atoms with Crippen molar-refractivity contribution < 1.29 is 13.9 Å². The molecule has 0 saturated heterocycles. The summed E-state index contributed by atoms with van der Waals surface area (Å²) in [5.74, 6) is -1.29. The molecule has 0 amide bonds. The number of halogens is 2. The fraction of sp³-hybridized carbons (Fsp3) is 0.200. The molecule has 1 aromatic rings. The Bertz CT molecular complexity index is 468. The molecule has 0 fully saturated rings. The third-order valence-electron chi connectivity index (χ3n) is 1.81. The van der Waals surface area contributed by atoms with Gasteiger partial charge in [-0.1, -0.05) is 11.6 Å². The van der Waals surface area contributed by atoms with Crippen molar-refractivity contribution in [2.45, 2.75) is 6.92 Å². The first kappa shape index (κ1) is 13.7. The van der Waals surface area contributed by atoms with Crippen LogP contribution in [-0.2, 0) is 4.74 Å². The maximum absolute atomic E-state index is 13.4. The predicted octanol–water partition coefficient (Wildman–Crippen LogP) is 2.31. The van der Waals surface area contributed by atoms with Gasteiger partial charge >= 0.3 is 5.97 Å². The van der Waals surface area contributed by atoms with Crippen molar-refractivity contribution in [1.29, 1.82) is 0 Å². The number of nitrogens with one attached hydrogen (secondary N) is 1. The van der Waals surface area contributed by atoms with Gasteiger partial charge in [0.05, 0.1) is 22.9 Å². The summed E-state index contributed by atoms with van der Waals surface area (Å²) in [4.78, 5) is 11.5. The highest BCUT2D eigenvalue weighted by Crippen LogP contribution is 2.24. The second-order valence-corrected chi connectivity index (χ2v) is 3.87. The van der Waals surface area contributed by atoms with Crippen molar-refractivity contribution in [3.8, 4) is 0 Å². The molecule has 0 radical (unpaired) electrons. The second-order valence-electron chi connectivity index (χ2n) is 3.02. The van der Waals surface area contributed by atoms with Crippen LogP contribution >= 0.6 is 23.8 Å². The lowest BCUT2D eigenvalue weighted by atomic mass is 10.2. The molecule has 1 aromatic carbocycles. The third-order valence-corrected chi connectivity index (χ3v) is 2.22. The van der Waals surface area contributed by atoms with Gasteiger partial charge in [-0.2, -0.15) is 0 Å². The molecule has 17 heavy (non-hydrogen) atoms. The molecular formula is C10H10ClFN2O2S. The van der Waals surface area contributed by atoms with E-state index in [4.69, 9.17) is 22.1 Å². The molecule has 7 heteroatoms. The summed E-state index contributed by atoms with van der Waals surface area (Å²) in [6.45, 7) is 1.86. The Labute approximate surface area is 108 Å². The number of benzene rings is 1. The minimum atomic E-state index is -0.657. The van der Waals surface area contributed by atoms with Gasteiger partial charge in [-0.15, -0.1) is 0 Å². The number of hydrogen-bond acceptors (Lipinski definition) is 3. The summed E-state index contributed by atoms with van der Waals surface area (Å²) in [7, 11) is 0. The van der Waals surface area contributed by atoms with E-state index in [2.05, 4.69) is 17.5 Å². The summed E-state index contributed by atoms with van der Waals surface area (Å²) in [6, 6.07) is 2.20. The first-order chi connectivity index (χ1) is 7.95. The molecule has 92 valence electrons. The Morgan fingerprint density at radius 3 is 2.82 bits per heavy atom. The summed E-state index contributed by atoms with van der Waals surface area (Å²) >= 11 is 10.3.